The van der Waals surface area contributed by atoms with E-state index < -0.39 is 0 Å². The van der Waals surface area contributed by atoms with Crippen LogP contribution in [0.1, 0.15) is 33.1 Å². The average molecular weight is 213 g/mol. The van der Waals surface area contributed by atoms with Crippen molar-refractivity contribution < 1.29 is 9.47 Å². The Hall–Kier alpha value is -0.120. The first-order valence-electron chi connectivity index (χ1n) is 6.06. The largest absolute Gasteiger partial charge is 0.380 e. The van der Waals surface area contributed by atoms with Crippen LogP contribution < -0.4 is 0 Å². The molecular weight excluding hydrogens is 190 g/mol. The molecule has 15 heavy (non-hydrogen) atoms. The van der Waals surface area contributed by atoms with E-state index in [0.717, 1.165) is 19.6 Å². The fourth-order valence-electron chi connectivity index (χ4n) is 2.95. The molecule has 3 nitrogen and oxygen atoms in total. The van der Waals surface area contributed by atoms with Crippen molar-refractivity contribution in [3.8, 4) is 0 Å². The molecular formula is C12H23NO2. The van der Waals surface area contributed by atoms with Crippen molar-refractivity contribution in [3.63, 3.8) is 0 Å². The highest BCUT2D eigenvalue weighted by Crippen LogP contribution is 2.40. The Morgan fingerprint density at radius 2 is 2.27 bits per heavy atom. The number of methoxy groups -OCH3 is 1. The Labute approximate surface area is 92.7 Å². The third-order valence-electron chi connectivity index (χ3n) is 3.79. The SMILES string of the molecule is CO[C@@H]1CN2CCC[C@]2(COC(C)C)C1. The van der Waals surface area contributed by atoms with Crippen molar-refractivity contribution in [3.05, 3.63) is 0 Å². The van der Waals surface area contributed by atoms with Gasteiger partial charge in [-0.05, 0) is 39.7 Å². The molecule has 0 spiro atoms. The van der Waals surface area contributed by atoms with E-state index in [0.29, 0.717) is 17.7 Å². The summed E-state index contributed by atoms with van der Waals surface area (Å²) in [5.41, 5.74) is 0.297. The Kier molecular flexibility index (Phi) is 3.33. The summed E-state index contributed by atoms with van der Waals surface area (Å²) in [6, 6.07) is 0. The van der Waals surface area contributed by atoms with Crippen molar-refractivity contribution in [2.24, 2.45) is 0 Å². The van der Waals surface area contributed by atoms with Gasteiger partial charge in [0.25, 0.3) is 0 Å². The lowest BCUT2D eigenvalue weighted by Gasteiger charge is -2.32. The third kappa shape index (κ3) is 2.19. The molecule has 2 aliphatic rings. The summed E-state index contributed by atoms with van der Waals surface area (Å²) in [5.74, 6) is 0. The van der Waals surface area contributed by atoms with Crippen LogP contribution in [0.3, 0.4) is 0 Å². The van der Waals surface area contributed by atoms with E-state index in [1.807, 2.05) is 7.11 Å². The Morgan fingerprint density at radius 3 is 2.93 bits per heavy atom. The van der Waals surface area contributed by atoms with E-state index in [4.69, 9.17) is 9.47 Å². The highest BCUT2D eigenvalue weighted by molar-refractivity contribution is 5.03. The first-order chi connectivity index (χ1) is 7.16. The predicted octanol–water partition coefficient (Wildman–Crippen LogP) is 1.66. The molecule has 2 heterocycles. The number of rotatable bonds is 4. The van der Waals surface area contributed by atoms with Gasteiger partial charge < -0.3 is 9.47 Å². The number of ether oxygens (including phenoxy) is 2. The van der Waals surface area contributed by atoms with Crippen molar-refractivity contribution >= 4 is 0 Å². The van der Waals surface area contributed by atoms with Crippen molar-refractivity contribution in [1.82, 2.24) is 4.90 Å². The van der Waals surface area contributed by atoms with Crippen LogP contribution in [-0.4, -0.2) is 49.5 Å². The van der Waals surface area contributed by atoms with Gasteiger partial charge in [0.2, 0.25) is 0 Å². The fraction of sp³-hybridized carbons (Fsp3) is 1.00. The summed E-state index contributed by atoms with van der Waals surface area (Å²) in [5, 5.41) is 0. The van der Waals surface area contributed by atoms with Gasteiger partial charge in [-0.2, -0.15) is 0 Å². The van der Waals surface area contributed by atoms with Crippen LogP contribution in [0.4, 0.5) is 0 Å². The summed E-state index contributed by atoms with van der Waals surface area (Å²) in [6.07, 6.45) is 4.50. The van der Waals surface area contributed by atoms with Crippen molar-refractivity contribution in [1.29, 1.82) is 0 Å². The monoisotopic (exact) mass is 213 g/mol. The quantitative estimate of drug-likeness (QED) is 0.709. The first-order valence-corrected chi connectivity index (χ1v) is 6.06. The molecule has 2 rings (SSSR count). The second kappa shape index (κ2) is 4.40. The molecule has 0 aromatic rings. The average Bonchev–Trinajstić information content (AvgIpc) is 2.70. The van der Waals surface area contributed by atoms with Gasteiger partial charge in [0, 0.05) is 19.2 Å². The Morgan fingerprint density at radius 1 is 1.47 bits per heavy atom. The van der Waals surface area contributed by atoms with Crippen LogP contribution in [0.15, 0.2) is 0 Å². The van der Waals surface area contributed by atoms with Crippen LogP contribution in [0, 0.1) is 0 Å². The molecule has 2 atom stereocenters. The lowest BCUT2D eigenvalue weighted by molar-refractivity contribution is 0.00185. The molecule has 0 saturated carbocycles. The maximum absolute atomic E-state index is 5.83. The Balaban J connectivity index is 1.97. The molecule has 0 N–H and O–H groups in total. The zero-order valence-corrected chi connectivity index (χ0v) is 10.2. The zero-order chi connectivity index (χ0) is 10.9. The molecule has 0 radical (unpaired) electrons. The van der Waals surface area contributed by atoms with E-state index in [-0.39, 0.29) is 0 Å². The van der Waals surface area contributed by atoms with Crippen LogP contribution in [0.5, 0.6) is 0 Å². The van der Waals surface area contributed by atoms with Gasteiger partial charge in [0.15, 0.2) is 0 Å². The van der Waals surface area contributed by atoms with E-state index >= 15 is 0 Å². The number of hydrogen-bond donors (Lipinski definition) is 0. The van der Waals surface area contributed by atoms with Crippen molar-refractivity contribution in [2.75, 3.05) is 26.8 Å². The van der Waals surface area contributed by atoms with Crippen molar-refractivity contribution in [2.45, 2.75) is 50.9 Å². The summed E-state index contributed by atoms with van der Waals surface area (Å²) < 4.78 is 11.3. The highest BCUT2D eigenvalue weighted by Gasteiger charge is 2.48. The van der Waals surface area contributed by atoms with Gasteiger partial charge in [0.05, 0.1) is 18.8 Å². The molecule has 2 saturated heterocycles. The number of nitrogens with zero attached hydrogens (tertiary/aromatic N) is 1. The maximum atomic E-state index is 5.83. The molecule has 0 aromatic carbocycles. The summed E-state index contributed by atoms with van der Waals surface area (Å²) >= 11 is 0. The first kappa shape index (κ1) is 11.4. The standard InChI is InChI=1S/C12H23NO2/c1-10(2)15-9-12-5-4-6-13(12)8-11(7-12)14-3/h10-11H,4-9H2,1-3H3/t11-,12+/m0/s1. The van der Waals surface area contributed by atoms with E-state index in [9.17, 15) is 0 Å². The summed E-state index contributed by atoms with van der Waals surface area (Å²) in [4.78, 5) is 2.57. The summed E-state index contributed by atoms with van der Waals surface area (Å²) in [7, 11) is 1.82. The van der Waals surface area contributed by atoms with Gasteiger partial charge in [-0.25, -0.2) is 0 Å². The predicted molar refractivity (Wildman–Crippen MR) is 60.0 cm³/mol. The van der Waals surface area contributed by atoms with Gasteiger partial charge >= 0.3 is 0 Å². The fourth-order valence-corrected chi connectivity index (χ4v) is 2.95. The molecule has 3 heteroatoms. The Bertz CT molecular complexity index is 220. The topological polar surface area (TPSA) is 21.7 Å². The van der Waals surface area contributed by atoms with E-state index in [2.05, 4.69) is 18.7 Å². The molecule has 0 aromatic heterocycles. The van der Waals surface area contributed by atoms with Gasteiger partial charge in [-0.1, -0.05) is 0 Å². The molecule has 0 unspecified atom stereocenters. The third-order valence-corrected chi connectivity index (χ3v) is 3.79. The highest BCUT2D eigenvalue weighted by atomic mass is 16.5. The molecule has 88 valence electrons. The van der Waals surface area contributed by atoms with E-state index in [1.165, 1.54) is 19.4 Å². The minimum Gasteiger partial charge on any atom is -0.380 e. The number of hydrogen-bond acceptors (Lipinski definition) is 3. The molecule has 0 aliphatic carbocycles. The van der Waals surface area contributed by atoms with Crippen LogP contribution >= 0.6 is 0 Å². The van der Waals surface area contributed by atoms with Gasteiger partial charge in [-0.15, -0.1) is 0 Å². The minimum absolute atomic E-state index is 0.297. The second-order valence-corrected chi connectivity index (χ2v) is 5.20. The summed E-state index contributed by atoms with van der Waals surface area (Å²) in [6.45, 7) is 7.42. The normalized spacial score (nSPS) is 36.4. The molecule has 0 bridgehead atoms. The van der Waals surface area contributed by atoms with Gasteiger partial charge in [-0.3, -0.25) is 4.90 Å². The molecule has 0 amide bonds. The lowest BCUT2D eigenvalue weighted by Crippen LogP contribution is -2.43. The lowest BCUT2D eigenvalue weighted by atomic mass is 9.94. The van der Waals surface area contributed by atoms with Gasteiger partial charge in [0.1, 0.15) is 0 Å². The van der Waals surface area contributed by atoms with E-state index in [1.54, 1.807) is 0 Å². The molecule has 2 fully saturated rings. The zero-order valence-electron chi connectivity index (χ0n) is 10.2. The smallest absolute Gasteiger partial charge is 0.0716 e. The van der Waals surface area contributed by atoms with Crippen LogP contribution in [-0.2, 0) is 9.47 Å². The maximum Gasteiger partial charge on any atom is 0.0716 e. The number of fused-ring (bicyclic) bond motifs is 1. The second-order valence-electron chi connectivity index (χ2n) is 5.20. The van der Waals surface area contributed by atoms with Crippen LogP contribution in [0.2, 0.25) is 0 Å². The minimum atomic E-state index is 0.297. The van der Waals surface area contributed by atoms with Crippen LogP contribution in [0.25, 0.3) is 0 Å². The molecule has 2 aliphatic heterocycles.